The molecule has 17 heavy (non-hydrogen) atoms. The Balaban J connectivity index is 2.30. The van der Waals surface area contributed by atoms with Gasteiger partial charge < -0.3 is 10.4 Å². The lowest BCUT2D eigenvalue weighted by Gasteiger charge is -2.08. The van der Waals surface area contributed by atoms with Crippen LogP contribution in [0.5, 0.6) is 0 Å². The summed E-state index contributed by atoms with van der Waals surface area (Å²) < 4.78 is 0. The Morgan fingerprint density at radius 2 is 1.94 bits per heavy atom. The van der Waals surface area contributed by atoms with Gasteiger partial charge in [-0.3, -0.25) is 4.98 Å². The van der Waals surface area contributed by atoms with Crippen molar-refractivity contribution in [3.05, 3.63) is 53.3 Å². The summed E-state index contributed by atoms with van der Waals surface area (Å²) in [7, 11) is 0. The maximum absolute atomic E-state index is 11.0. The van der Waals surface area contributed by atoms with Crippen LogP contribution in [-0.2, 0) is 0 Å². The molecular formula is C12H9ClN2O2. The molecule has 0 unspecified atom stereocenters. The number of rotatable bonds is 3. The van der Waals surface area contributed by atoms with Gasteiger partial charge in [-0.2, -0.15) is 0 Å². The van der Waals surface area contributed by atoms with E-state index in [0.29, 0.717) is 10.7 Å². The molecule has 2 rings (SSSR count). The predicted molar refractivity (Wildman–Crippen MR) is 65.9 cm³/mol. The van der Waals surface area contributed by atoms with Crippen molar-refractivity contribution in [1.29, 1.82) is 0 Å². The number of halogens is 1. The number of hydrogen-bond donors (Lipinski definition) is 2. The van der Waals surface area contributed by atoms with E-state index in [1.165, 1.54) is 18.5 Å². The molecule has 0 spiro atoms. The second-order valence-electron chi connectivity index (χ2n) is 3.36. The molecule has 0 aliphatic carbocycles. The van der Waals surface area contributed by atoms with Gasteiger partial charge >= 0.3 is 5.97 Å². The molecule has 0 saturated heterocycles. The molecule has 0 fully saturated rings. The van der Waals surface area contributed by atoms with Crippen molar-refractivity contribution in [3.63, 3.8) is 0 Å². The van der Waals surface area contributed by atoms with Gasteiger partial charge in [0, 0.05) is 16.9 Å². The molecule has 1 heterocycles. The summed E-state index contributed by atoms with van der Waals surface area (Å²) in [6, 6.07) is 8.42. The first-order valence-corrected chi connectivity index (χ1v) is 5.24. The van der Waals surface area contributed by atoms with Crippen LogP contribution in [-0.4, -0.2) is 16.1 Å². The third kappa shape index (κ3) is 2.73. The van der Waals surface area contributed by atoms with Crippen molar-refractivity contribution in [2.75, 3.05) is 5.32 Å². The summed E-state index contributed by atoms with van der Waals surface area (Å²) in [4.78, 5) is 14.9. The molecule has 0 bridgehead atoms. The average Bonchev–Trinajstić information content (AvgIpc) is 2.32. The van der Waals surface area contributed by atoms with Gasteiger partial charge in [-0.25, -0.2) is 4.79 Å². The van der Waals surface area contributed by atoms with Crippen LogP contribution >= 0.6 is 11.6 Å². The van der Waals surface area contributed by atoms with E-state index < -0.39 is 5.97 Å². The SMILES string of the molecule is O=C(O)c1ccncc1Nc1ccc(Cl)cc1. The number of carboxylic acid groups (broad SMARTS) is 1. The number of anilines is 2. The Hall–Kier alpha value is -2.07. The van der Waals surface area contributed by atoms with Crippen molar-refractivity contribution in [2.24, 2.45) is 0 Å². The van der Waals surface area contributed by atoms with E-state index in [1.807, 2.05) is 0 Å². The van der Waals surface area contributed by atoms with Crippen molar-refractivity contribution >= 4 is 28.9 Å². The highest BCUT2D eigenvalue weighted by atomic mass is 35.5. The van der Waals surface area contributed by atoms with Crippen molar-refractivity contribution in [3.8, 4) is 0 Å². The molecule has 2 N–H and O–H groups in total. The van der Waals surface area contributed by atoms with E-state index in [0.717, 1.165) is 5.69 Å². The number of pyridine rings is 1. The lowest BCUT2D eigenvalue weighted by Crippen LogP contribution is -2.02. The minimum absolute atomic E-state index is 0.176. The van der Waals surface area contributed by atoms with Crippen molar-refractivity contribution in [2.45, 2.75) is 0 Å². The van der Waals surface area contributed by atoms with E-state index in [2.05, 4.69) is 10.3 Å². The Bertz CT molecular complexity index is 540. The van der Waals surface area contributed by atoms with Crippen LogP contribution in [0.25, 0.3) is 0 Å². The number of nitrogens with zero attached hydrogens (tertiary/aromatic N) is 1. The topological polar surface area (TPSA) is 62.2 Å². The van der Waals surface area contributed by atoms with Crippen LogP contribution in [0.4, 0.5) is 11.4 Å². The Kier molecular flexibility index (Phi) is 3.25. The third-order valence-electron chi connectivity index (χ3n) is 2.17. The van der Waals surface area contributed by atoms with Crippen LogP contribution in [0.1, 0.15) is 10.4 Å². The van der Waals surface area contributed by atoms with Gasteiger partial charge in [0.2, 0.25) is 0 Å². The second kappa shape index (κ2) is 4.84. The van der Waals surface area contributed by atoms with Crippen LogP contribution in [0, 0.1) is 0 Å². The van der Waals surface area contributed by atoms with Crippen LogP contribution < -0.4 is 5.32 Å². The summed E-state index contributed by atoms with van der Waals surface area (Å²) in [6.07, 6.45) is 2.91. The molecule has 0 atom stereocenters. The number of carbonyl (C=O) groups is 1. The Morgan fingerprint density at radius 3 is 2.59 bits per heavy atom. The second-order valence-corrected chi connectivity index (χ2v) is 3.79. The molecule has 1 aromatic heterocycles. The largest absolute Gasteiger partial charge is 0.478 e. The van der Waals surface area contributed by atoms with Crippen molar-refractivity contribution in [1.82, 2.24) is 4.98 Å². The van der Waals surface area contributed by atoms with Crippen LogP contribution in [0.2, 0.25) is 5.02 Å². The van der Waals surface area contributed by atoms with E-state index in [4.69, 9.17) is 16.7 Å². The van der Waals surface area contributed by atoms with E-state index in [9.17, 15) is 4.79 Å². The number of aromatic carboxylic acids is 1. The molecule has 86 valence electrons. The van der Waals surface area contributed by atoms with Crippen molar-refractivity contribution < 1.29 is 9.90 Å². The number of hydrogen-bond acceptors (Lipinski definition) is 3. The average molecular weight is 249 g/mol. The predicted octanol–water partition coefficient (Wildman–Crippen LogP) is 3.18. The first-order valence-electron chi connectivity index (χ1n) is 4.87. The van der Waals surface area contributed by atoms with Crippen LogP contribution in [0.15, 0.2) is 42.7 Å². The number of benzene rings is 1. The number of aromatic nitrogens is 1. The zero-order valence-corrected chi connectivity index (χ0v) is 9.48. The molecule has 0 saturated carbocycles. The van der Waals surface area contributed by atoms with Crippen LogP contribution in [0.3, 0.4) is 0 Å². The maximum Gasteiger partial charge on any atom is 0.337 e. The summed E-state index contributed by atoms with van der Waals surface area (Å²) in [5.74, 6) is -0.996. The molecule has 5 heteroatoms. The maximum atomic E-state index is 11.0. The van der Waals surface area contributed by atoms with Gasteiger partial charge in [-0.1, -0.05) is 11.6 Å². The molecule has 2 aromatic rings. The van der Waals surface area contributed by atoms with E-state index >= 15 is 0 Å². The van der Waals surface area contributed by atoms with E-state index in [-0.39, 0.29) is 5.56 Å². The normalized spacial score (nSPS) is 9.94. The minimum atomic E-state index is -0.996. The fraction of sp³-hybridized carbons (Fsp3) is 0. The summed E-state index contributed by atoms with van der Waals surface area (Å²) >= 11 is 5.76. The number of nitrogens with one attached hydrogen (secondary N) is 1. The molecule has 0 radical (unpaired) electrons. The minimum Gasteiger partial charge on any atom is -0.478 e. The first kappa shape index (κ1) is 11.4. The fourth-order valence-corrected chi connectivity index (χ4v) is 1.50. The quantitative estimate of drug-likeness (QED) is 0.876. The smallest absolute Gasteiger partial charge is 0.337 e. The highest BCUT2D eigenvalue weighted by Crippen LogP contribution is 2.21. The third-order valence-corrected chi connectivity index (χ3v) is 2.43. The van der Waals surface area contributed by atoms with Gasteiger partial charge in [-0.05, 0) is 30.3 Å². The first-order chi connectivity index (χ1) is 8.16. The molecule has 1 aromatic carbocycles. The number of carboxylic acids is 1. The monoisotopic (exact) mass is 248 g/mol. The fourth-order valence-electron chi connectivity index (χ4n) is 1.37. The zero-order valence-electron chi connectivity index (χ0n) is 8.72. The molecule has 0 aliphatic heterocycles. The standard InChI is InChI=1S/C12H9ClN2O2/c13-8-1-3-9(4-2-8)15-11-7-14-6-5-10(11)12(16)17/h1-7,15H,(H,16,17). The lowest BCUT2D eigenvalue weighted by molar-refractivity contribution is 0.0698. The van der Waals surface area contributed by atoms with Gasteiger partial charge in [-0.15, -0.1) is 0 Å². The summed E-state index contributed by atoms with van der Waals surface area (Å²) in [5, 5.41) is 12.6. The zero-order chi connectivity index (χ0) is 12.3. The molecular weight excluding hydrogens is 240 g/mol. The van der Waals surface area contributed by atoms with Gasteiger partial charge in [0.05, 0.1) is 17.4 Å². The Morgan fingerprint density at radius 1 is 1.24 bits per heavy atom. The highest BCUT2D eigenvalue weighted by Gasteiger charge is 2.09. The highest BCUT2D eigenvalue weighted by molar-refractivity contribution is 6.30. The Labute approximate surface area is 103 Å². The van der Waals surface area contributed by atoms with Gasteiger partial charge in [0.1, 0.15) is 0 Å². The lowest BCUT2D eigenvalue weighted by atomic mass is 10.2. The van der Waals surface area contributed by atoms with Gasteiger partial charge in [0.25, 0.3) is 0 Å². The van der Waals surface area contributed by atoms with E-state index in [1.54, 1.807) is 24.3 Å². The molecule has 4 nitrogen and oxygen atoms in total. The molecule has 0 aliphatic rings. The summed E-state index contributed by atoms with van der Waals surface area (Å²) in [6.45, 7) is 0. The molecule has 0 amide bonds. The van der Waals surface area contributed by atoms with Gasteiger partial charge in [0.15, 0.2) is 0 Å². The summed E-state index contributed by atoms with van der Waals surface area (Å²) in [5.41, 5.74) is 1.38.